The molecule has 0 aromatic heterocycles. The summed E-state index contributed by atoms with van der Waals surface area (Å²) in [6, 6.07) is 8.38. The summed E-state index contributed by atoms with van der Waals surface area (Å²) in [5.74, 6) is 0.665. The van der Waals surface area contributed by atoms with Crippen LogP contribution in [0.15, 0.2) is 29.3 Å². The molecule has 0 bridgehead atoms. The number of carbonyl (C=O) groups excluding carboxylic acids is 1. The minimum absolute atomic E-state index is 0.0155. The van der Waals surface area contributed by atoms with Crippen molar-refractivity contribution in [1.29, 1.82) is 0 Å². The van der Waals surface area contributed by atoms with Crippen molar-refractivity contribution >= 4 is 23.5 Å². The Morgan fingerprint density at radius 2 is 2.11 bits per heavy atom. The molecule has 1 aliphatic rings. The van der Waals surface area contributed by atoms with Gasteiger partial charge in [0.2, 0.25) is 5.91 Å². The van der Waals surface area contributed by atoms with E-state index in [-0.39, 0.29) is 12.5 Å². The minimum atomic E-state index is -0.0155. The van der Waals surface area contributed by atoms with Crippen LogP contribution in [0.2, 0.25) is 5.02 Å². The highest BCUT2D eigenvalue weighted by atomic mass is 35.5. The van der Waals surface area contributed by atoms with E-state index in [0.29, 0.717) is 18.5 Å². The van der Waals surface area contributed by atoms with Crippen molar-refractivity contribution in [3.05, 3.63) is 34.9 Å². The second-order valence-corrected chi connectivity index (χ2v) is 7.43. The predicted octanol–water partition coefficient (Wildman–Crippen LogP) is 1.99. The molecule has 7 heteroatoms. The Balaban J connectivity index is 1.91. The van der Waals surface area contributed by atoms with Crippen molar-refractivity contribution in [3.63, 3.8) is 0 Å². The molecule has 27 heavy (non-hydrogen) atoms. The first-order valence-electron chi connectivity index (χ1n) is 9.71. The molecule has 0 radical (unpaired) electrons. The number of aliphatic imine (C=N–C) groups is 1. The topological polar surface area (TPSA) is 60.0 Å². The molecule has 1 aromatic carbocycles. The number of amides is 1. The molecule has 1 aromatic rings. The van der Waals surface area contributed by atoms with Gasteiger partial charge in [-0.05, 0) is 44.0 Å². The third-order valence-electron chi connectivity index (χ3n) is 4.93. The van der Waals surface area contributed by atoms with Crippen molar-refractivity contribution in [2.24, 2.45) is 4.99 Å². The van der Waals surface area contributed by atoms with E-state index in [4.69, 9.17) is 11.6 Å². The van der Waals surface area contributed by atoms with Gasteiger partial charge in [0.1, 0.15) is 6.54 Å². The molecule has 0 spiro atoms. The molecule has 1 aliphatic heterocycles. The zero-order valence-electron chi connectivity index (χ0n) is 16.7. The number of halogens is 1. The first kappa shape index (κ1) is 21.5. The van der Waals surface area contributed by atoms with Gasteiger partial charge in [-0.2, -0.15) is 0 Å². The van der Waals surface area contributed by atoms with Crippen LogP contribution in [0.1, 0.15) is 25.3 Å². The smallest absolute Gasteiger partial charge is 0.243 e. The number of hydrogen-bond donors (Lipinski definition) is 2. The van der Waals surface area contributed by atoms with Crippen molar-refractivity contribution in [2.75, 3.05) is 46.8 Å². The van der Waals surface area contributed by atoms with Gasteiger partial charge in [0, 0.05) is 38.2 Å². The van der Waals surface area contributed by atoms with Gasteiger partial charge in [-0.15, -0.1) is 0 Å². The van der Waals surface area contributed by atoms with E-state index in [1.807, 2.05) is 24.3 Å². The molecule has 2 N–H and O–H groups in total. The summed E-state index contributed by atoms with van der Waals surface area (Å²) >= 11 is 6.23. The number of nitrogens with zero attached hydrogens (tertiary/aromatic N) is 3. The summed E-state index contributed by atoms with van der Waals surface area (Å²) in [5.41, 5.74) is 1.10. The van der Waals surface area contributed by atoms with E-state index in [0.717, 1.165) is 36.6 Å². The summed E-state index contributed by atoms with van der Waals surface area (Å²) in [5, 5.41) is 7.53. The first-order chi connectivity index (χ1) is 13.0. The molecule has 6 nitrogen and oxygen atoms in total. The molecular formula is C20H32ClN5O. The Hall–Kier alpha value is -1.79. The first-order valence-corrected chi connectivity index (χ1v) is 10.1. The van der Waals surface area contributed by atoms with Crippen LogP contribution in [0.25, 0.3) is 0 Å². The van der Waals surface area contributed by atoms with Crippen LogP contribution >= 0.6 is 11.6 Å². The van der Waals surface area contributed by atoms with Crippen molar-refractivity contribution in [2.45, 2.75) is 32.2 Å². The van der Waals surface area contributed by atoms with Crippen LogP contribution in [-0.2, 0) is 11.2 Å². The summed E-state index contributed by atoms with van der Waals surface area (Å²) in [6.07, 6.45) is 3.24. The predicted molar refractivity (Wildman–Crippen MR) is 112 cm³/mol. The lowest BCUT2D eigenvalue weighted by Gasteiger charge is -2.24. The summed E-state index contributed by atoms with van der Waals surface area (Å²) < 4.78 is 0. The van der Waals surface area contributed by atoms with Crippen LogP contribution in [0, 0.1) is 0 Å². The summed E-state index contributed by atoms with van der Waals surface area (Å²) in [4.78, 5) is 20.4. The maximum atomic E-state index is 11.9. The van der Waals surface area contributed by atoms with Crippen LogP contribution < -0.4 is 10.6 Å². The molecule has 1 heterocycles. The molecule has 1 fully saturated rings. The highest BCUT2D eigenvalue weighted by Crippen LogP contribution is 2.16. The number of benzene rings is 1. The zero-order chi connectivity index (χ0) is 19.6. The average Bonchev–Trinajstić information content (AvgIpc) is 3.12. The van der Waals surface area contributed by atoms with Crippen LogP contribution in [-0.4, -0.2) is 74.5 Å². The number of nitrogens with one attached hydrogen (secondary N) is 2. The fourth-order valence-electron chi connectivity index (χ4n) is 3.24. The minimum Gasteiger partial charge on any atom is -0.356 e. The van der Waals surface area contributed by atoms with Crippen LogP contribution in [0.5, 0.6) is 0 Å². The van der Waals surface area contributed by atoms with Gasteiger partial charge in [-0.3, -0.25) is 9.69 Å². The van der Waals surface area contributed by atoms with Crippen LogP contribution in [0.3, 0.4) is 0 Å². The van der Waals surface area contributed by atoms with Gasteiger partial charge in [-0.1, -0.05) is 36.7 Å². The normalized spacial score (nSPS) is 17.8. The number of guanidine groups is 1. The third-order valence-corrected chi connectivity index (χ3v) is 5.29. The lowest BCUT2D eigenvalue weighted by Crippen LogP contribution is -2.45. The van der Waals surface area contributed by atoms with E-state index in [1.165, 1.54) is 12.8 Å². The summed E-state index contributed by atoms with van der Waals surface area (Å²) in [6.45, 7) is 6.10. The van der Waals surface area contributed by atoms with E-state index in [9.17, 15) is 4.79 Å². The quantitative estimate of drug-likeness (QED) is 0.523. The van der Waals surface area contributed by atoms with E-state index in [1.54, 1.807) is 19.0 Å². The van der Waals surface area contributed by atoms with Gasteiger partial charge in [0.25, 0.3) is 0 Å². The van der Waals surface area contributed by atoms with Gasteiger partial charge >= 0.3 is 0 Å². The molecule has 0 aliphatic carbocycles. The molecule has 150 valence electrons. The monoisotopic (exact) mass is 393 g/mol. The molecule has 1 amide bonds. The number of hydrogen-bond acceptors (Lipinski definition) is 3. The lowest BCUT2D eigenvalue weighted by molar-refractivity contribution is -0.127. The second-order valence-electron chi connectivity index (χ2n) is 7.03. The fourth-order valence-corrected chi connectivity index (χ4v) is 3.47. The van der Waals surface area contributed by atoms with E-state index in [2.05, 4.69) is 27.4 Å². The molecule has 1 atom stereocenters. The highest BCUT2D eigenvalue weighted by molar-refractivity contribution is 6.31. The number of likely N-dealkylation sites (N-methyl/N-ethyl adjacent to an activating group) is 2. The Morgan fingerprint density at radius 1 is 1.33 bits per heavy atom. The standard InChI is InChI=1S/C20H32ClN5O/c1-4-26-13-7-9-17(26)14-23-20(24-15-19(27)25(2)3)22-12-11-16-8-5-6-10-18(16)21/h5-6,8,10,17H,4,7,9,11-15H2,1-3H3,(H2,22,23,24). The molecule has 0 saturated carbocycles. The summed E-state index contributed by atoms with van der Waals surface area (Å²) in [7, 11) is 3.49. The maximum absolute atomic E-state index is 11.9. The Bertz CT molecular complexity index is 635. The average molecular weight is 394 g/mol. The third kappa shape index (κ3) is 7.03. The number of rotatable bonds is 8. The van der Waals surface area contributed by atoms with E-state index < -0.39 is 0 Å². The van der Waals surface area contributed by atoms with Crippen molar-refractivity contribution in [3.8, 4) is 0 Å². The van der Waals surface area contributed by atoms with Gasteiger partial charge < -0.3 is 15.5 Å². The molecule has 1 saturated heterocycles. The largest absolute Gasteiger partial charge is 0.356 e. The lowest BCUT2D eigenvalue weighted by atomic mass is 10.1. The number of carbonyl (C=O) groups is 1. The fraction of sp³-hybridized carbons (Fsp3) is 0.600. The number of likely N-dealkylation sites (tertiary alicyclic amines) is 1. The Morgan fingerprint density at radius 3 is 2.81 bits per heavy atom. The van der Waals surface area contributed by atoms with Gasteiger partial charge in [-0.25, -0.2) is 4.99 Å². The maximum Gasteiger partial charge on any atom is 0.243 e. The zero-order valence-corrected chi connectivity index (χ0v) is 17.4. The van der Waals surface area contributed by atoms with Crippen molar-refractivity contribution < 1.29 is 4.79 Å². The Kier molecular flexibility index (Phi) is 8.88. The van der Waals surface area contributed by atoms with Crippen molar-refractivity contribution in [1.82, 2.24) is 20.4 Å². The molecule has 1 unspecified atom stereocenters. The molecular weight excluding hydrogens is 362 g/mol. The Labute approximate surface area is 168 Å². The van der Waals surface area contributed by atoms with E-state index >= 15 is 0 Å². The van der Waals surface area contributed by atoms with Crippen LogP contribution in [0.4, 0.5) is 0 Å². The second kappa shape index (κ2) is 11.1. The van der Waals surface area contributed by atoms with Gasteiger partial charge in [0.15, 0.2) is 5.96 Å². The molecule has 2 rings (SSSR count). The van der Waals surface area contributed by atoms with Gasteiger partial charge in [0.05, 0.1) is 0 Å². The SMILES string of the molecule is CCN1CCCC1CNC(=NCC(=O)N(C)C)NCCc1ccccc1Cl. The highest BCUT2D eigenvalue weighted by Gasteiger charge is 2.22.